The number of aryl methyl sites for hydroxylation is 1. The minimum absolute atomic E-state index is 0.224. The van der Waals surface area contributed by atoms with Gasteiger partial charge in [0, 0.05) is 32.3 Å². The SMILES string of the molecule is Cc1ccc2nc(NCCC(=O)N3CCCCC3)nn2c1. The number of fused-ring (bicyclic) bond motifs is 1. The number of hydrogen-bond donors (Lipinski definition) is 1. The molecular weight excluding hydrogens is 266 g/mol. The van der Waals surface area contributed by atoms with E-state index in [-0.39, 0.29) is 5.91 Å². The third kappa shape index (κ3) is 3.32. The number of likely N-dealkylation sites (tertiary alicyclic amines) is 1. The summed E-state index contributed by atoms with van der Waals surface area (Å²) in [6.07, 6.45) is 5.94. The van der Waals surface area contributed by atoms with Gasteiger partial charge in [0.15, 0.2) is 5.65 Å². The van der Waals surface area contributed by atoms with Gasteiger partial charge in [-0.2, -0.15) is 4.98 Å². The van der Waals surface area contributed by atoms with Gasteiger partial charge in [-0.25, -0.2) is 4.52 Å². The maximum atomic E-state index is 12.0. The monoisotopic (exact) mass is 287 g/mol. The lowest BCUT2D eigenvalue weighted by molar-refractivity contribution is -0.131. The van der Waals surface area contributed by atoms with Crippen LogP contribution in [0.3, 0.4) is 0 Å². The van der Waals surface area contributed by atoms with Crippen molar-refractivity contribution in [2.24, 2.45) is 0 Å². The number of carbonyl (C=O) groups excluding carboxylic acids is 1. The van der Waals surface area contributed by atoms with Crippen LogP contribution in [-0.2, 0) is 4.79 Å². The van der Waals surface area contributed by atoms with E-state index in [0.29, 0.717) is 18.9 Å². The second-order valence-corrected chi connectivity index (χ2v) is 5.56. The molecule has 0 unspecified atom stereocenters. The standard InChI is InChI=1S/C15H21N5O/c1-12-5-6-13-17-15(18-20(13)11-12)16-8-7-14(21)19-9-3-2-4-10-19/h5-6,11H,2-4,7-10H2,1H3,(H,16,18). The molecule has 0 bridgehead atoms. The van der Waals surface area contributed by atoms with Gasteiger partial charge in [-0.15, -0.1) is 5.10 Å². The van der Waals surface area contributed by atoms with Gasteiger partial charge in [0.1, 0.15) is 0 Å². The largest absolute Gasteiger partial charge is 0.352 e. The lowest BCUT2D eigenvalue weighted by Gasteiger charge is -2.26. The van der Waals surface area contributed by atoms with Crippen LogP contribution in [-0.4, -0.2) is 45.0 Å². The lowest BCUT2D eigenvalue weighted by Crippen LogP contribution is -2.36. The highest BCUT2D eigenvalue weighted by molar-refractivity contribution is 5.76. The van der Waals surface area contributed by atoms with Crippen LogP contribution in [0.4, 0.5) is 5.95 Å². The van der Waals surface area contributed by atoms with Crippen LogP contribution >= 0.6 is 0 Å². The molecule has 1 fully saturated rings. The minimum Gasteiger partial charge on any atom is -0.352 e. The van der Waals surface area contributed by atoms with Gasteiger partial charge >= 0.3 is 0 Å². The van der Waals surface area contributed by atoms with Crippen LogP contribution in [0.15, 0.2) is 18.3 Å². The first-order valence-corrected chi connectivity index (χ1v) is 7.57. The zero-order chi connectivity index (χ0) is 14.7. The number of anilines is 1. The van der Waals surface area contributed by atoms with Gasteiger partial charge in [0.2, 0.25) is 11.9 Å². The van der Waals surface area contributed by atoms with E-state index in [9.17, 15) is 4.79 Å². The summed E-state index contributed by atoms with van der Waals surface area (Å²) in [7, 11) is 0. The highest BCUT2D eigenvalue weighted by Gasteiger charge is 2.15. The first-order valence-electron chi connectivity index (χ1n) is 7.57. The lowest BCUT2D eigenvalue weighted by atomic mass is 10.1. The van der Waals surface area contributed by atoms with Crippen molar-refractivity contribution in [1.82, 2.24) is 19.5 Å². The van der Waals surface area contributed by atoms with Gasteiger partial charge in [0.25, 0.3) is 0 Å². The molecule has 6 heteroatoms. The zero-order valence-electron chi connectivity index (χ0n) is 12.4. The van der Waals surface area contributed by atoms with Crippen LogP contribution in [0.5, 0.6) is 0 Å². The Balaban J connectivity index is 1.53. The number of nitrogens with zero attached hydrogens (tertiary/aromatic N) is 4. The summed E-state index contributed by atoms with van der Waals surface area (Å²) in [6.45, 7) is 4.41. The number of amides is 1. The van der Waals surface area contributed by atoms with E-state index in [1.165, 1.54) is 6.42 Å². The van der Waals surface area contributed by atoms with E-state index in [4.69, 9.17) is 0 Å². The van der Waals surface area contributed by atoms with E-state index < -0.39 is 0 Å². The van der Waals surface area contributed by atoms with Crippen molar-refractivity contribution in [1.29, 1.82) is 0 Å². The molecule has 2 aromatic rings. The summed E-state index contributed by atoms with van der Waals surface area (Å²) in [5.41, 5.74) is 1.95. The Bertz CT molecular complexity index is 630. The van der Waals surface area contributed by atoms with Crippen LogP contribution in [0.2, 0.25) is 0 Å². The summed E-state index contributed by atoms with van der Waals surface area (Å²) >= 11 is 0. The minimum atomic E-state index is 0.224. The molecule has 3 rings (SSSR count). The van der Waals surface area contributed by atoms with Crippen molar-refractivity contribution in [3.05, 3.63) is 23.9 Å². The predicted molar refractivity (Wildman–Crippen MR) is 81.3 cm³/mol. The van der Waals surface area contributed by atoms with Crippen LogP contribution < -0.4 is 5.32 Å². The van der Waals surface area contributed by atoms with Gasteiger partial charge in [-0.05, 0) is 37.8 Å². The molecule has 0 saturated carbocycles. The molecule has 1 N–H and O–H groups in total. The normalized spacial score (nSPS) is 15.4. The maximum Gasteiger partial charge on any atom is 0.243 e. The van der Waals surface area contributed by atoms with Gasteiger partial charge in [-0.3, -0.25) is 4.79 Å². The van der Waals surface area contributed by atoms with E-state index >= 15 is 0 Å². The molecule has 112 valence electrons. The van der Waals surface area contributed by atoms with Crippen LogP contribution in [0.25, 0.3) is 5.65 Å². The van der Waals surface area contributed by atoms with Gasteiger partial charge in [-0.1, -0.05) is 6.07 Å². The summed E-state index contributed by atoms with van der Waals surface area (Å²) < 4.78 is 1.75. The summed E-state index contributed by atoms with van der Waals surface area (Å²) in [5.74, 6) is 0.800. The molecule has 1 amide bonds. The predicted octanol–water partition coefficient (Wildman–Crippen LogP) is 1.85. The Kier molecular flexibility index (Phi) is 4.03. The fourth-order valence-electron chi connectivity index (χ4n) is 2.64. The molecule has 0 radical (unpaired) electrons. The topological polar surface area (TPSA) is 62.5 Å². The Morgan fingerprint density at radius 2 is 2.10 bits per heavy atom. The molecule has 6 nitrogen and oxygen atoms in total. The number of carbonyl (C=O) groups is 1. The molecule has 0 atom stereocenters. The second-order valence-electron chi connectivity index (χ2n) is 5.56. The van der Waals surface area contributed by atoms with Gasteiger partial charge < -0.3 is 10.2 Å². The third-order valence-electron chi connectivity index (χ3n) is 3.81. The first kappa shape index (κ1) is 13.9. The van der Waals surface area contributed by atoms with E-state index in [1.54, 1.807) is 4.52 Å². The Labute approximate surface area is 124 Å². The quantitative estimate of drug-likeness (QED) is 0.932. The van der Waals surface area contributed by atoms with Crippen molar-refractivity contribution in [3.8, 4) is 0 Å². The molecule has 21 heavy (non-hydrogen) atoms. The molecule has 0 aromatic carbocycles. The van der Waals surface area contributed by atoms with Crippen molar-refractivity contribution >= 4 is 17.5 Å². The van der Waals surface area contributed by atoms with E-state index in [0.717, 1.165) is 37.1 Å². The third-order valence-corrected chi connectivity index (χ3v) is 3.81. The molecule has 1 aliphatic heterocycles. The highest BCUT2D eigenvalue weighted by atomic mass is 16.2. The number of piperidine rings is 1. The number of rotatable bonds is 4. The molecule has 1 aliphatic rings. The molecule has 1 saturated heterocycles. The van der Waals surface area contributed by atoms with E-state index in [2.05, 4.69) is 15.4 Å². The average molecular weight is 287 g/mol. The van der Waals surface area contributed by atoms with Crippen molar-refractivity contribution in [2.75, 3.05) is 25.0 Å². The number of nitrogens with one attached hydrogen (secondary N) is 1. The average Bonchev–Trinajstić information content (AvgIpc) is 2.89. The zero-order valence-corrected chi connectivity index (χ0v) is 12.4. The van der Waals surface area contributed by atoms with Crippen LogP contribution in [0, 0.1) is 6.92 Å². The second kappa shape index (κ2) is 6.11. The van der Waals surface area contributed by atoms with Crippen molar-refractivity contribution in [2.45, 2.75) is 32.6 Å². The highest BCUT2D eigenvalue weighted by Crippen LogP contribution is 2.10. The molecule has 0 spiro atoms. The number of aromatic nitrogens is 3. The number of pyridine rings is 1. The summed E-state index contributed by atoms with van der Waals surface area (Å²) in [4.78, 5) is 18.4. The molecular formula is C15H21N5O. The van der Waals surface area contributed by atoms with Crippen molar-refractivity contribution < 1.29 is 4.79 Å². The Morgan fingerprint density at radius 3 is 2.90 bits per heavy atom. The molecule has 3 heterocycles. The van der Waals surface area contributed by atoms with Crippen LogP contribution in [0.1, 0.15) is 31.2 Å². The summed E-state index contributed by atoms with van der Waals surface area (Å²) in [5, 5.41) is 7.49. The molecule has 0 aliphatic carbocycles. The maximum absolute atomic E-state index is 12.0. The number of hydrogen-bond acceptors (Lipinski definition) is 4. The van der Waals surface area contributed by atoms with E-state index in [1.807, 2.05) is 30.2 Å². The fraction of sp³-hybridized carbons (Fsp3) is 0.533. The Hall–Kier alpha value is -2.11. The fourth-order valence-corrected chi connectivity index (χ4v) is 2.64. The first-order chi connectivity index (χ1) is 10.2. The molecule has 2 aromatic heterocycles. The summed E-state index contributed by atoms with van der Waals surface area (Å²) in [6, 6.07) is 3.94. The van der Waals surface area contributed by atoms with Gasteiger partial charge in [0.05, 0.1) is 0 Å². The smallest absolute Gasteiger partial charge is 0.243 e. The van der Waals surface area contributed by atoms with Crippen molar-refractivity contribution in [3.63, 3.8) is 0 Å². The Morgan fingerprint density at radius 1 is 1.29 bits per heavy atom.